The van der Waals surface area contributed by atoms with Crippen LogP contribution >= 0.6 is 0 Å². The van der Waals surface area contributed by atoms with Gasteiger partial charge in [0.15, 0.2) is 0 Å². The van der Waals surface area contributed by atoms with Crippen molar-refractivity contribution in [2.24, 2.45) is 10.7 Å². The second-order valence-electron chi connectivity index (χ2n) is 2.77. The van der Waals surface area contributed by atoms with Crippen LogP contribution in [0, 0.1) is 0 Å². The molecule has 2 rings (SSSR count). The van der Waals surface area contributed by atoms with Gasteiger partial charge in [0.05, 0.1) is 6.61 Å². The molecule has 2 aliphatic heterocycles. The zero-order valence-electron chi connectivity index (χ0n) is 5.67. The molecule has 0 aromatic rings. The lowest BCUT2D eigenvalue weighted by Gasteiger charge is -2.12. The summed E-state index contributed by atoms with van der Waals surface area (Å²) >= 11 is 0. The number of ether oxygens (including phenoxy) is 2. The predicted molar refractivity (Wildman–Crippen MR) is 35.7 cm³/mol. The number of nitrogens with zero attached hydrogens (tertiary/aromatic N) is 1. The van der Waals surface area contributed by atoms with Crippen LogP contribution in [0.15, 0.2) is 4.99 Å². The van der Waals surface area contributed by atoms with E-state index in [1.54, 1.807) is 0 Å². The van der Waals surface area contributed by atoms with Crippen molar-refractivity contribution in [2.75, 3.05) is 19.8 Å². The lowest BCUT2D eigenvalue weighted by Crippen LogP contribution is -2.27. The van der Waals surface area contributed by atoms with E-state index in [4.69, 9.17) is 15.2 Å². The van der Waals surface area contributed by atoms with Crippen LogP contribution in [-0.4, -0.2) is 31.4 Å². The van der Waals surface area contributed by atoms with Crippen molar-refractivity contribution in [1.82, 2.24) is 0 Å². The number of nitrogens with two attached hydrogens (primary N) is 1. The molecule has 2 aliphatic rings. The van der Waals surface area contributed by atoms with Crippen LogP contribution in [0.1, 0.15) is 6.42 Å². The van der Waals surface area contributed by atoms with Crippen molar-refractivity contribution in [3.05, 3.63) is 0 Å². The zero-order chi connectivity index (χ0) is 7.03. The molecule has 4 heteroatoms. The van der Waals surface area contributed by atoms with Crippen LogP contribution in [0.3, 0.4) is 0 Å². The summed E-state index contributed by atoms with van der Waals surface area (Å²) in [6.45, 7) is 2.03. The van der Waals surface area contributed by atoms with Crippen molar-refractivity contribution in [2.45, 2.75) is 12.0 Å². The number of rotatable bonds is 0. The average molecular weight is 142 g/mol. The highest BCUT2D eigenvalue weighted by atomic mass is 16.5. The van der Waals surface area contributed by atoms with E-state index in [-0.39, 0.29) is 5.54 Å². The van der Waals surface area contributed by atoms with E-state index in [0.29, 0.717) is 19.2 Å². The van der Waals surface area contributed by atoms with Gasteiger partial charge >= 0.3 is 0 Å². The number of hydrogen-bond acceptors (Lipinski definition) is 4. The Bertz CT molecular complexity index is 173. The molecule has 0 aromatic heterocycles. The molecule has 1 unspecified atom stereocenters. The molecule has 4 nitrogen and oxygen atoms in total. The van der Waals surface area contributed by atoms with E-state index in [2.05, 4.69) is 4.99 Å². The fourth-order valence-electron chi connectivity index (χ4n) is 1.31. The van der Waals surface area contributed by atoms with E-state index in [9.17, 15) is 0 Å². The maximum Gasteiger partial charge on any atom is 0.282 e. The summed E-state index contributed by atoms with van der Waals surface area (Å²) in [6, 6.07) is 0.311. The third-order valence-corrected chi connectivity index (χ3v) is 1.92. The van der Waals surface area contributed by atoms with Gasteiger partial charge in [-0.05, 0) is 0 Å². The van der Waals surface area contributed by atoms with E-state index >= 15 is 0 Å². The minimum atomic E-state index is -0.121. The molecule has 0 aromatic carbocycles. The Kier molecular flexibility index (Phi) is 1.11. The van der Waals surface area contributed by atoms with Crippen molar-refractivity contribution >= 4 is 6.02 Å². The maximum atomic E-state index is 5.36. The Morgan fingerprint density at radius 2 is 2.40 bits per heavy atom. The lowest BCUT2D eigenvalue weighted by atomic mass is 10.0. The third-order valence-electron chi connectivity index (χ3n) is 1.92. The highest BCUT2D eigenvalue weighted by molar-refractivity contribution is 5.73. The van der Waals surface area contributed by atoms with Crippen LogP contribution in [0.5, 0.6) is 0 Å². The molecule has 1 atom stereocenters. The molecule has 1 saturated heterocycles. The number of amidine groups is 1. The zero-order valence-corrected chi connectivity index (χ0v) is 5.67. The first-order valence-electron chi connectivity index (χ1n) is 3.37. The molecule has 0 aliphatic carbocycles. The quantitative estimate of drug-likeness (QED) is 0.495. The molecule has 56 valence electrons. The van der Waals surface area contributed by atoms with Crippen LogP contribution < -0.4 is 5.73 Å². The van der Waals surface area contributed by atoms with Gasteiger partial charge in [0.2, 0.25) is 0 Å². The minimum absolute atomic E-state index is 0.121. The van der Waals surface area contributed by atoms with Gasteiger partial charge in [0, 0.05) is 13.0 Å². The fourth-order valence-corrected chi connectivity index (χ4v) is 1.31. The van der Waals surface area contributed by atoms with Gasteiger partial charge in [0.25, 0.3) is 6.02 Å². The summed E-state index contributed by atoms with van der Waals surface area (Å²) in [5, 5.41) is 0. The van der Waals surface area contributed by atoms with Crippen molar-refractivity contribution in [3.63, 3.8) is 0 Å². The Labute approximate surface area is 59.0 Å². The summed E-state index contributed by atoms with van der Waals surface area (Å²) in [6.07, 6.45) is 0.938. The highest BCUT2D eigenvalue weighted by Gasteiger charge is 2.39. The summed E-state index contributed by atoms with van der Waals surface area (Å²) in [4.78, 5) is 4.17. The molecule has 1 spiro atoms. The predicted octanol–water partition coefficient (Wildman–Crippen LogP) is -0.510. The summed E-state index contributed by atoms with van der Waals surface area (Å²) < 4.78 is 10.2. The van der Waals surface area contributed by atoms with E-state index in [1.807, 2.05) is 0 Å². The first kappa shape index (κ1) is 5.97. The summed E-state index contributed by atoms with van der Waals surface area (Å²) in [7, 11) is 0. The summed E-state index contributed by atoms with van der Waals surface area (Å²) in [5.41, 5.74) is 5.24. The molecular formula is C6H10N2O2. The fraction of sp³-hybridized carbons (Fsp3) is 0.833. The summed E-state index contributed by atoms with van der Waals surface area (Å²) in [5.74, 6) is 0. The Balaban J connectivity index is 2.16. The van der Waals surface area contributed by atoms with Gasteiger partial charge in [-0.25, -0.2) is 4.99 Å². The molecular weight excluding hydrogens is 132 g/mol. The van der Waals surface area contributed by atoms with E-state index in [1.165, 1.54) is 0 Å². The molecule has 0 bridgehead atoms. The topological polar surface area (TPSA) is 56.8 Å². The lowest BCUT2D eigenvalue weighted by molar-refractivity contribution is 0.164. The van der Waals surface area contributed by atoms with Crippen LogP contribution in [-0.2, 0) is 9.47 Å². The van der Waals surface area contributed by atoms with Crippen molar-refractivity contribution in [3.8, 4) is 0 Å². The second-order valence-corrected chi connectivity index (χ2v) is 2.77. The second kappa shape index (κ2) is 1.85. The average Bonchev–Trinajstić information content (AvgIpc) is 2.46. The molecule has 2 N–H and O–H groups in total. The third kappa shape index (κ3) is 0.759. The standard InChI is InChI=1S/C6H10N2O2/c7-5-8-6(4-10-5)1-2-9-3-6/h1-4H2,(H2,7,8). The molecule has 2 heterocycles. The van der Waals surface area contributed by atoms with E-state index in [0.717, 1.165) is 13.0 Å². The Morgan fingerprint density at radius 1 is 1.50 bits per heavy atom. The Morgan fingerprint density at radius 3 is 2.90 bits per heavy atom. The normalized spacial score (nSPS) is 38.2. The van der Waals surface area contributed by atoms with Crippen molar-refractivity contribution < 1.29 is 9.47 Å². The van der Waals surface area contributed by atoms with Crippen LogP contribution in [0.4, 0.5) is 0 Å². The van der Waals surface area contributed by atoms with Gasteiger partial charge in [0.1, 0.15) is 12.1 Å². The van der Waals surface area contributed by atoms with Gasteiger partial charge in [-0.2, -0.15) is 0 Å². The number of aliphatic imine (C=N–C) groups is 1. The largest absolute Gasteiger partial charge is 0.463 e. The van der Waals surface area contributed by atoms with Crippen molar-refractivity contribution in [1.29, 1.82) is 0 Å². The maximum absolute atomic E-state index is 5.36. The molecule has 10 heavy (non-hydrogen) atoms. The molecule has 1 fully saturated rings. The molecule has 0 radical (unpaired) electrons. The van der Waals surface area contributed by atoms with Gasteiger partial charge in [-0.15, -0.1) is 0 Å². The first-order valence-corrected chi connectivity index (χ1v) is 3.37. The monoisotopic (exact) mass is 142 g/mol. The smallest absolute Gasteiger partial charge is 0.282 e. The van der Waals surface area contributed by atoms with Gasteiger partial charge in [-0.1, -0.05) is 0 Å². The highest BCUT2D eigenvalue weighted by Crippen LogP contribution is 2.26. The first-order chi connectivity index (χ1) is 4.81. The Hall–Kier alpha value is -0.770. The van der Waals surface area contributed by atoms with Gasteiger partial charge in [-0.3, -0.25) is 0 Å². The molecule has 0 saturated carbocycles. The van der Waals surface area contributed by atoms with Crippen LogP contribution in [0.25, 0.3) is 0 Å². The minimum Gasteiger partial charge on any atom is -0.463 e. The van der Waals surface area contributed by atoms with Crippen LogP contribution in [0.2, 0.25) is 0 Å². The SMILES string of the molecule is NC1=NC2(CCOC2)CO1. The van der Waals surface area contributed by atoms with Gasteiger partial charge < -0.3 is 15.2 Å². The number of hydrogen-bond donors (Lipinski definition) is 1. The van der Waals surface area contributed by atoms with E-state index < -0.39 is 0 Å². The molecule has 0 amide bonds.